The van der Waals surface area contributed by atoms with E-state index in [1.165, 1.54) is 0 Å². The second-order valence-corrected chi connectivity index (χ2v) is 4.70. The van der Waals surface area contributed by atoms with Crippen LogP contribution in [-0.4, -0.2) is 14.9 Å². The second-order valence-electron chi connectivity index (χ2n) is 4.70. The fraction of sp³-hybridized carbons (Fsp3) is 0.0556. The minimum Gasteiger partial charge on any atom is -0.507 e. The molecule has 0 aliphatic carbocycles. The summed E-state index contributed by atoms with van der Waals surface area (Å²) < 4.78 is 1.71. The molecule has 0 atom stereocenters. The van der Waals surface area contributed by atoms with Gasteiger partial charge in [0.1, 0.15) is 11.4 Å². The van der Waals surface area contributed by atoms with Gasteiger partial charge in [0.2, 0.25) is 0 Å². The molecule has 0 aliphatic heterocycles. The molecular formula is C18H14N2O. The third-order valence-corrected chi connectivity index (χ3v) is 3.10. The predicted molar refractivity (Wildman–Crippen MR) is 82.7 cm³/mol. The molecule has 0 unspecified atom stereocenters. The van der Waals surface area contributed by atoms with Crippen LogP contribution in [-0.2, 0) is 7.05 Å². The van der Waals surface area contributed by atoms with E-state index in [0.29, 0.717) is 11.3 Å². The van der Waals surface area contributed by atoms with Crippen molar-refractivity contribution in [2.24, 2.45) is 7.05 Å². The summed E-state index contributed by atoms with van der Waals surface area (Å²) >= 11 is 0. The lowest BCUT2D eigenvalue weighted by Crippen LogP contribution is -1.88. The van der Waals surface area contributed by atoms with Crippen molar-refractivity contribution in [3.8, 4) is 28.8 Å². The van der Waals surface area contributed by atoms with E-state index in [-0.39, 0.29) is 5.75 Å². The molecular weight excluding hydrogens is 260 g/mol. The third-order valence-electron chi connectivity index (χ3n) is 3.10. The van der Waals surface area contributed by atoms with Gasteiger partial charge in [0, 0.05) is 24.4 Å². The fourth-order valence-electron chi connectivity index (χ4n) is 2.11. The Morgan fingerprint density at radius 3 is 2.43 bits per heavy atom. The average molecular weight is 274 g/mol. The predicted octanol–water partition coefficient (Wildman–Crippen LogP) is 3.19. The Labute approximate surface area is 123 Å². The molecule has 1 heterocycles. The van der Waals surface area contributed by atoms with Crippen LogP contribution in [0.1, 0.15) is 11.1 Å². The van der Waals surface area contributed by atoms with E-state index in [1.54, 1.807) is 16.8 Å². The molecule has 1 N–H and O–H groups in total. The number of aryl methyl sites for hydroxylation is 1. The Kier molecular flexibility index (Phi) is 3.44. The van der Waals surface area contributed by atoms with Crippen LogP contribution in [0.25, 0.3) is 11.3 Å². The molecule has 0 amide bonds. The summed E-state index contributed by atoms with van der Waals surface area (Å²) in [5.74, 6) is 6.46. The van der Waals surface area contributed by atoms with Gasteiger partial charge in [0.15, 0.2) is 0 Å². The molecule has 0 spiro atoms. The van der Waals surface area contributed by atoms with Gasteiger partial charge < -0.3 is 5.11 Å². The summed E-state index contributed by atoms with van der Waals surface area (Å²) in [6.07, 6.45) is 1.86. The average Bonchev–Trinajstić information content (AvgIpc) is 2.87. The molecule has 21 heavy (non-hydrogen) atoms. The van der Waals surface area contributed by atoms with Gasteiger partial charge in [-0.05, 0) is 24.3 Å². The Hall–Kier alpha value is -2.99. The summed E-state index contributed by atoms with van der Waals surface area (Å²) in [7, 11) is 1.84. The molecule has 3 heteroatoms. The van der Waals surface area contributed by atoms with E-state index >= 15 is 0 Å². The highest BCUT2D eigenvalue weighted by Gasteiger charge is 2.11. The zero-order valence-corrected chi connectivity index (χ0v) is 11.6. The van der Waals surface area contributed by atoms with Crippen molar-refractivity contribution in [1.82, 2.24) is 9.78 Å². The Balaban J connectivity index is 2.06. The maximum Gasteiger partial charge on any atom is 0.125 e. The number of rotatable bonds is 1. The van der Waals surface area contributed by atoms with Crippen molar-refractivity contribution in [2.75, 3.05) is 0 Å². The van der Waals surface area contributed by atoms with Crippen LogP contribution in [0.3, 0.4) is 0 Å². The number of aromatic hydroxyl groups is 1. The molecule has 102 valence electrons. The van der Waals surface area contributed by atoms with Crippen molar-refractivity contribution < 1.29 is 5.11 Å². The van der Waals surface area contributed by atoms with Crippen LogP contribution in [0, 0.1) is 11.8 Å². The zero-order chi connectivity index (χ0) is 14.7. The highest BCUT2D eigenvalue weighted by atomic mass is 16.3. The van der Waals surface area contributed by atoms with Crippen molar-refractivity contribution in [2.45, 2.75) is 0 Å². The van der Waals surface area contributed by atoms with Crippen LogP contribution in [0.5, 0.6) is 5.75 Å². The quantitative estimate of drug-likeness (QED) is 0.692. The van der Waals surface area contributed by atoms with Gasteiger partial charge in [-0.1, -0.05) is 42.2 Å². The van der Waals surface area contributed by atoms with Gasteiger partial charge in [-0.25, -0.2) is 0 Å². The van der Waals surface area contributed by atoms with Crippen molar-refractivity contribution in [3.63, 3.8) is 0 Å². The van der Waals surface area contributed by atoms with Gasteiger partial charge in [-0.15, -0.1) is 0 Å². The van der Waals surface area contributed by atoms with Crippen LogP contribution >= 0.6 is 0 Å². The summed E-state index contributed by atoms with van der Waals surface area (Å²) in [5.41, 5.74) is 3.13. The topological polar surface area (TPSA) is 38.0 Å². The largest absolute Gasteiger partial charge is 0.507 e. The van der Waals surface area contributed by atoms with E-state index < -0.39 is 0 Å². The van der Waals surface area contributed by atoms with Crippen LogP contribution < -0.4 is 0 Å². The maximum absolute atomic E-state index is 9.99. The molecule has 0 saturated carbocycles. The van der Waals surface area contributed by atoms with E-state index in [4.69, 9.17) is 0 Å². The normalized spacial score (nSPS) is 9.95. The summed E-state index contributed by atoms with van der Waals surface area (Å²) in [6.45, 7) is 0. The molecule has 3 rings (SSSR count). The zero-order valence-electron chi connectivity index (χ0n) is 11.6. The van der Waals surface area contributed by atoms with Gasteiger partial charge in [0.25, 0.3) is 0 Å². The smallest absolute Gasteiger partial charge is 0.125 e. The molecule has 0 bridgehead atoms. The number of phenols is 1. The molecule has 0 fully saturated rings. The molecule has 0 aliphatic rings. The third kappa shape index (κ3) is 2.80. The highest BCUT2D eigenvalue weighted by Crippen LogP contribution is 2.29. The van der Waals surface area contributed by atoms with Gasteiger partial charge in [-0.3, -0.25) is 4.68 Å². The number of para-hydroxylation sites is 1. The van der Waals surface area contributed by atoms with E-state index in [2.05, 4.69) is 16.9 Å². The maximum atomic E-state index is 9.99. The minimum absolute atomic E-state index is 0.207. The number of benzene rings is 2. The molecule has 3 nitrogen and oxygen atoms in total. The van der Waals surface area contributed by atoms with Crippen molar-refractivity contribution in [1.29, 1.82) is 0 Å². The number of aromatic nitrogens is 2. The van der Waals surface area contributed by atoms with Gasteiger partial charge >= 0.3 is 0 Å². The van der Waals surface area contributed by atoms with Crippen LogP contribution in [0.2, 0.25) is 0 Å². The first-order valence-electron chi connectivity index (χ1n) is 6.63. The van der Waals surface area contributed by atoms with E-state index in [1.807, 2.05) is 55.7 Å². The lowest BCUT2D eigenvalue weighted by molar-refractivity contribution is 0.477. The van der Waals surface area contributed by atoms with Gasteiger partial charge in [0.05, 0.1) is 5.56 Å². The van der Waals surface area contributed by atoms with E-state index in [0.717, 1.165) is 11.1 Å². The van der Waals surface area contributed by atoms with E-state index in [9.17, 15) is 5.11 Å². The first-order chi connectivity index (χ1) is 10.2. The molecule has 1 aromatic heterocycles. The first-order valence-corrected chi connectivity index (χ1v) is 6.63. The second kappa shape index (κ2) is 5.56. The Morgan fingerprint density at radius 2 is 1.67 bits per heavy atom. The van der Waals surface area contributed by atoms with Gasteiger partial charge in [-0.2, -0.15) is 5.10 Å². The summed E-state index contributed by atoms with van der Waals surface area (Å²) in [4.78, 5) is 0. The minimum atomic E-state index is 0.207. The van der Waals surface area contributed by atoms with Crippen molar-refractivity contribution in [3.05, 3.63) is 71.9 Å². The number of phenolic OH excluding ortho intramolecular Hbond substituents is 1. The fourth-order valence-corrected chi connectivity index (χ4v) is 2.11. The molecule has 0 saturated heterocycles. The van der Waals surface area contributed by atoms with Crippen LogP contribution in [0.15, 0.2) is 60.8 Å². The lowest BCUT2D eigenvalue weighted by Gasteiger charge is -2.00. The molecule has 2 aromatic carbocycles. The van der Waals surface area contributed by atoms with Crippen LogP contribution in [0.4, 0.5) is 0 Å². The Morgan fingerprint density at radius 1 is 0.952 bits per heavy atom. The number of nitrogens with zero attached hydrogens (tertiary/aromatic N) is 2. The lowest BCUT2D eigenvalue weighted by atomic mass is 10.1. The SMILES string of the molecule is Cn1cc(C#Cc2ccccc2)c(-c2ccccc2O)n1. The van der Waals surface area contributed by atoms with Crippen molar-refractivity contribution >= 4 is 0 Å². The highest BCUT2D eigenvalue weighted by molar-refractivity contribution is 5.72. The number of hydrogen-bond acceptors (Lipinski definition) is 2. The summed E-state index contributed by atoms with van der Waals surface area (Å²) in [6, 6.07) is 16.9. The number of hydrogen-bond donors (Lipinski definition) is 1. The first kappa shape index (κ1) is 13.0. The standard InChI is InChI=1S/C18H14N2O/c1-20-13-15(12-11-14-7-3-2-4-8-14)18(19-20)16-9-5-6-10-17(16)21/h2-10,13,21H,1H3. The Bertz CT molecular complexity index is 823. The summed E-state index contributed by atoms with van der Waals surface area (Å²) in [5, 5.41) is 14.4. The molecule has 3 aromatic rings. The monoisotopic (exact) mass is 274 g/mol. The molecule has 0 radical (unpaired) electrons.